The molecule has 1 saturated heterocycles. The predicted molar refractivity (Wildman–Crippen MR) is 113 cm³/mol. The van der Waals surface area contributed by atoms with Crippen LogP contribution in [0.2, 0.25) is 0 Å². The third-order valence-corrected chi connectivity index (χ3v) is 4.61. The Morgan fingerprint density at radius 2 is 1.73 bits per heavy atom. The molecule has 1 heterocycles. The third-order valence-electron chi connectivity index (χ3n) is 4.61. The van der Waals surface area contributed by atoms with E-state index < -0.39 is 0 Å². The van der Waals surface area contributed by atoms with Gasteiger partial charge in [-0.05, 0) is 42.5 Å². The van der Waals surface area contributed by atoms with Gasteiger partial charge in [-0.15, -0.1) is 0 Å². The van der Waals surface area contributed by atoms with Crippen LogP contribution in [0.15, 0.2) is 42.5 Å². The highest BCUT2D eigenvalue weighted by atomic mass is 16.5. The van der Waals surface area contributed by atoms with Crippen molar-refractivity contribution in [3.63, 3.8) is 0 Å². The van der Waals surface area contributed by atoms with E-state index in [9.17, 15) is 14.4 Å². The molecule has 0 saturated carbocycles. The van der Waals surface area contributed by atoms with E-state index in [1.807, 2.05) is 0 Å². The molecule has 30 heavy (non-hydrogen) atoms. The molecule has 0 aliphatic carbocycles. The zero-order chi connectivity index (χ0) is 21.7. The van der Waals surface area contributed by atoms with E-state index in [1.165, 1.54) is 18.9 Å². The normalized spacial score (nSPS) is 13.2. The van der Waals surface area contributed by atoms with Gasteiger partial charge in [0.15, 0.2) is 0 Å². The molecule has 0 unspecified atom stereocenters. The standard InChI is InChI=1S/C21H24N4O5/c1-14(26)22-15-4-9-19(30-3)18(12-15)23-20(27)13-24-10-11-25(21(24)28)16-5-7-17(29-2)8-6-16/h4-9,12H,10-11,13H2,1-3H3,(H,22,26)(H,23,27). The maximum absolute atomic E-state index is 12.7. The quantitative estimate of drug-likeness (QED) is 0.728. The molecule has 0 spiro atoms. The fraction of sp³-hybridized carbons (Fsp3) is 0.286. The number of urea groups is 1. The van der Waals surface area contributed by atoms with E-state index in [2.05, 4.69) is 10.6 Å². The van der Waals surface area contributed by atoms with Gasteiger partial charge in [0.2, 0.25) is 11.8 Å². The fourth-order valence-electron chi connectivity index (χ4n) is 3.18. The van der Waals surface area contributed by atoms with Crippen LogP contribution in [0.4, 0.5) is 21.9 Å². The maximum Gasteiger partial charge on any atom is 0.325 e. The molecule has 9 heteroatoms. The molecule has 4 amide bonds. The van der Waals surface area contributed by atoms with Gasteiger partial charge in [-0.25, -0.2) is 4.79 Å². The topological polar surface area (TPSA) is 100 Å². The summed E-state index contributed by atoms with van der Waals surface area (Å²) >= 11 is 0. The van der Waals surface area contributed by atoms with Gasteiger partial charge < -0.3 is 25.0 Å². The molecule has 1 fully saturated rings. The molecular formula is C21H24N4O5. The molecule has 2 aromatic rings. The first-order chi connectivity index (χ1) is 14.4. The molecular weight excluding hydrogens is 388 g/mol. The highest BCUT2D eigenvalue weighted by Crippen LogP contribution is 2.28. The molecule has 2 N–H and O–H groups in total. The predicted octanol–water partition coefficient (Wildman–Crippen LogP) is 2.54. The minimum atomic E-state index is -0.363. The SMILES string of the molecule is COc1ccc(N2CCN(CC(=O)Nc3cc(NC(C)=O)ccc3OC)C2=O)cc1. The maximum atomic E-state index is 12.7. The number of rotatable bonds is 7. The van der Waals surface area contributed by atoms with Gasteiger partial charge in [0.25, 0.3) is 0 Å². The molecule has 0 bridgehead atoms. The highest BCUT2D eigenvalue weighted by molar-refractivity contribution is 6.00. The number of ether oxygens (including phenoxy) is 2. The average Bonchev–Trinajstić information content (AvgIpc) is 3.08. The Morgan fingerprint density at radius 3 is 2.37 bits per heavy atom. The molecule has 158 valence electrons. The van der Waals surface area contributed by atoms with Gasteiger partial charge in [0.05, 0.1) is 19.9 Å². The number of nitrogens with one attached hydrogen (secondary N) is 2. The van der Waals surface area contributed by atoms with Crippen molar-refractivity contribution >= 4 is 34.9 Å². The van der Waals surface area contributed by atoms with Crippen LogP contribution in [0.5, 0.6) is 11.5 Å². The number of anilines is 3. The summed E-state index contributed by atoms with van der Waals surface area (Å²) < 4.78 is 10.4. The largest absolute Gasteiger partial charge is 0.497 e. The molecule has 2 aromatic carbocycles. The second-order valence-corrected chi connectivity index (χ2v) is 6.70. The minimum absolute atomic E-state index is 0.0982. The van der Waals surface area contributed by atoms with Crippen molar-refractivity contribution in [1.82, 2.24) is 4.90 Å². The van der Waals surface area contributed by atoms with E-state index >= 15 is 0 Å². The van der Waals surface area contributed by atoms with Crippen LogP contribution in [-0.4, -0.2) is 56.6 Å². The fourth-order valence-corrected chi connectivity index (χ4v) is 3.18. The van der Waals surface area contributed by atoms with Gasteiger partial charge in [0.1, 0.15) is 18.0 Å². The van der Waals surface area contributed by atoms with Crippen LogP contribution in [0.1, 0.15) is 6.92 Å². The minimum Gasteiger partial charge on any atom is -0.497 e. The Balaban J connectivity index is 1.65. The summed E-state index contributed by atoms with van der Waals surface area (Å²) in [6.45, 7) is 2.22. The van der Waals surface area contributed by atoms with Gasteiger partial charge in [-0.1, -0.05) is 0 Å². The summed E-state index contributed by atoms with van der Waals surface area (Å²) in [4.78, 5) is 39.6. The van der Waals surface area contributed by atoms with Gasteiger partial charge in [-0.3, -0.25) is 14.5 Å². The lowest BCUT2D eigenvalue weighted by molar-refractivity contribution is -0.116. The molecule has 3 rings (SSSR count). The Morgan fingerprint density at radius 1 is 1.00 bits per heavy atom. The van der Waals surface area contributed by atoms with E-state index in [0.29, 0.717) is 36.0 Å². The van der Waals surface area contributed by atoms with E-state index in [4.69, 9.17) is 9.47 Å². The summed E-state index contributed by atoms with van der Waals surface area (Å²) in [6, 6.07) is 11.9. The average molecular weight is 412 g/mol. The van der Waals surface area contributed by atoms with Crippen molar-refractivity contribution in [1.29, 1.82) is 0 Å². The van der Waals surface area contributed by atoms with Crippen LogP contribution in [0.3, 0.4) is 0 Å². The summed E-state index contributed by atoms with van der Waals surface area (Å²) in [5, 5.41) is 5.40. The van der Waals surface area contributed by atoms with E-state index in [-0.39, 0.29) is 24.4 Å². The first kappa shape index (κ1) is 21.0. The third kappa shape index (κ3) is 4.80. The Hall–Kier alpha value is -3.75. The van der Waals surface area contributed by atoms with Gasteiger partial charge in [-0.2, -0.15) is 0 Å². The van der Waals surface area contributed by atoms with E-state index in [1.54, 1.807) is 54.5 Å². The zero-order valence-electron chi connectivity index (χ0n) is 17.1. The Kier molecular flexibility index (Phi) is 6.41. The van der Waals surface area contributed by atoms with Crippen LogP contribution < -0.4 is 25.0 Å². The molecule has 0 atom stereocenters. The lowest BCUT2D eigenvalue weighted by Gasteiger charge is -2.19. The summed E-state index contributed by atoms with van der Waals surface area (Å²) in [5.74, 6) is 0.569. The number of nitrogens with zero attached hydrogens (tertiary/aromatic N) is 2. The number of carbonyl (C=O) groups is 3. The number of carbonyl (C=O) groups excluding carboxylic acids is 3. The summed E-state index contributed by atoms with van der Waals surface area (Å²) in [6.07, 6.45) is 0. The first-order valence-corrected chi connectivity index (χ1v) is 9.37. The number of hydrogen-bond donors (Lipinski definition) is 2. The Bertz CT molecular complexity index is 945. The van der Waals surface area contributed by atoms with Crippen molar-refractivity contribution in [2.45, 2.75) is 6.92 Å². The van der Waals surface area contributed by atoms with Crippen molar-refractivity contribution < 1.29 is 23.9 Å². The molecule has 1 aliphatic heterocycles. The van der Waals surface area contributed by atoms with Crippen LogP contribution in [0.25, 0.3) is 0 Å². The smallest absolute Gasteiger partial charge is 0.325 e. The monoisotopic (exact) mass is 412 g/mol. The highest BCUT2D eigenvalue weighted by Gasteiger charge is 2.31. The first-order valence-electron chi connectivity index (χ1n) is 9.37. The molecule has 0 aromatic heterocycles. The van der Waals surface area contributed by atoms with Crippen LogP contribution in [-0.2, 0) is 9.59 Å². The Labute approximate surface area is 174 Å². The van der Waals surface area contributed by atoms with Crippen molar-refractivity contribution in [3.8, 4) is 11.5 Å². The van der Waals surface area contributed by atoms with Crippen molar-refractivity contribution in [2.24, 2.45) is 0 Å². The summed E-state index contributed by atoms with van der Waals surface area (Å²) in [7, 11) is 3.07. The van der Waals surface area contributed by atoms with Gasteiger partial charge >= 0.3 is 6.03 Å². The number of hydrogen-bond acceptors (Lipinski definition) is 5. The lowest BCUT2D eigenvalue weighted by Crippen LogP contribution is -2.37. The molecule has 9 nitrogen and oxygen atoms in total. The number of amides is 4. The van der Waals surface area contributed by atoms with E-state index in [0.717, 1.165) is 5.69 Å². The van der Waals surface area contributed by atoms with Crippen molar-refractivity contribution in [3.05, 3.63) is 42.5 Å². The second-order valence-electron chi connectivity index (χ2n) is 6.70. The van der Waals surface area contributed by atoms with Crippen molar-refractivity contribution in [2.75, 3.05) is 49.4 Å². The number of benzene rings is 2. The van der Waals surface area contributed by atoms with Gasteiger partial charge in [0, 0.05) is 31.4 Å². The zero-order valence-corrected chi connectivity index (χ0v) is 17.1. The molecule has 1 aliphatic rings. The number of methoxy groups -OCH3 is 2. The summed E-state index contributed by atoms with van der Waals surface area (Å²) in [5.41, 5.74) is 1.68. The van der Waals surface area contributed by atoms with Crippen LogP contribution >= 0.6 is 0 Å². The molecule has 0 radical (unpaired) electrons. The lowest BCUT2D eigenvalue weighted by atomic mass is 10.2. The second kappa shape index (κ2) is 9.17. The van der Waals surface area contributed by atoms with Crippen LogP contribution in [0, 0.1) is 0 Å².